The summed E-state index contributed by atoms with van der Waals surface area (Å²) in [6, 6.07) is 8.40. The number of benzene rings is 1. The predicted molar refractivity (Wildman–Crippen MR) is 72.7 cm³/mol. The van der Waals surface area contributed by atoms with Crippen molar-refractivity contribution in [1.29, 1.82) is 0 Å². The van der Waals surface area contributed by atoms with Crippen molar-refractivity contribution in [3.8, 4) is 0 Å². The molecule has 0 fully saturated rings. The zero-order valence-electron chi connectivity index (χ0n) is 10.4. The highest BCUT2D eigenvalue weighted by Crippen LogP contribution is 2.36. The van der Waals surface area contributed by atoms with Gasteiger partial charge in [-0.2, -0.15) is 0 Å². The number of nitrogens with two attached hydrogens (primary N) is 2. The van der Waals surface area contributed by atoms with Gasteiger partial charge in [-0.3, -0.25) is 0 Å². The number of hydrogen-bond donors (Lipinski definition) is 2. The minimum absolute atomic E-state index is 0.0519. The molecule has 0 amide bonds. The van der Waals surface area contributed by atoms with Crippen LogP contribution in [0, 0.1) is 0 Å². The fourth-order valence-corrected chi connectivity index (χ4v) is 2.69. The molecule has 4 N–H and O–H groups in total. The van der Waals surface area contributed by atoms with Gasteiger partial charge in [0.25, 0.3) is 0 Å². The quantitative estimate of drug-likeness (QED) is 0.793. The Hall–Kier alpha value is -0.510. The van der Waals surface area contributed by atoms with E-state index in [1.165, 1.54) is 10.5 Å². The summed E-state index contributed by atoms with van der Waals surface area (Å²) in [5.41, 5.74) is 12.9. The van der Waals surface area contributed by atoms with Crippen LogP contribution in [0.5, 0.6) is 0 Å². The van der Waals surface area contributed by atoms with Crippen LogP contribution in [0.15, 0.2) is 29.2 Å². The van der Waals surface area contributed by atoms with Crippen molar-refractivity contribution < 1.29 is 0 Å². The Labute approximate surface area is 103 Å². The molecule has 0 aliphatic heterocycles. The molecule has 0 heterocycles. The number of thioether (sulfide) groups is 1. The summed E-state index contributed by atoms with van der Waals surface area (Å²) in [5.74, 6) is 0. The fourth-order valence-electron chi connectivity index (χ4n) is 1.54. The highest BCUT2D eigenvalue weighted by molar-refractivity contribution is 8.00. The lowest BCUT2D eigenvalue weighted by Gasteiger charge is -2.22. The second-order valence-electron chi connectivity index (χ2n) is 4.94. The molecular formula is C13H22N2S. The average molecular weight is 238 g/mol. The van der Waals surface area contributed by atoms with Crippen molar-refractivity contribution >= 4 is 11.8 Å². The maximum atomic E-state index is 6.13. The van der Waals surface area contributed by atoms with Crippen molar-refractivity contribution in [1.82, 2.24) is 0 Å². The molecule has 0 aliphatic carbocycles. The number of hydrogen-bond acceptors (Lipinski definition) is 3. The van der Waals surface area contributed by atoms with Crippen LogP contribution in [0.4, 0.5) is 0 Å². The molecule has 0 saturated heterocycles. The van der Waals surface area contributed by atoms with Gasteiger partial charge in [-0.05, 0) is 24.6 Å². The van der Waals surface area contributed by atoms with E-state index >= 15 is 0 Å². The minimum atomic E-state index is 0.0519. The molecule has 1 atom stereocenters. The largest absolute Gasteiger partial charge is 0.330 e. The zero-order valence-corrected chi connectivity index (χ0v) is 11.2. The van der Waals surface area contributed by atoms with E-state index in [9.17, 15) is 0 Å². The highest BCUT2D eigenvalue weighted by Gasteiger charge is 2.17. The molecule has 0 bridgehead atoms. The van der Waals surface area contributed by atoms with Gasteiger partial charge < -0.3 is 11.5 Å². The Kier molecular flexibility index (Phi) is 4.84. The van der Waals surface area contributed by atoms with E-state index in [1.54, 1.807) is 0 Å². The van der Waals surface area contributed by atoms with Crippen LogP contribution in [-0.4, -0.2) is 11.3 Å². The molecule has 1 aromatic rings. The third-order valence-electron chi connectivity index (χ3n) is 2.21. The molecule has 0 aliphatic rings. The monoisotopic (exact) mass is 238 g/mol. The normalized spacial score (nSPS) is 13.8. The molecule has 1 aromatic carbocycles. The van der Waals surface area contributed by atoms with E-state index in [4.69, 9.17) is 11.5 Å². The van der Waals surface area contributed by atoms with Gasteiger partial charge >= 0.3 is 0 Å². The highest BCUT2D eigenvalue weighted by atomic mass is 32.2. The first-order valence-corrected chi connectivity index (χ1v) is 6.49. The number of rotatable bonds is 4. The van der Waals surface area contributed by atoms with Crippen molar-refractivity contribution in [2.24, 2.45) is 11.5 Å². The summed E-state index contributed by atoms with van der Waals surface area (Å²) in [7, 11) is 0. The Bertz CT molecular complexity index is 331. The van der Waals surface area contributed by atoms with E-state index in [1.807, 2.05) is 17.8 Å². The van der Waals surface area contributed by atoms with Crippen molar-refractivity contribution in [2.45, 2.75) is 42.9 Å². The molecule has 3 heteroatoms. The van der Waals surface area contributed by atoms with Gasteiger partial charge in [0.05, 0.1) is 0 Å². The van der Waals surface area contributed by atoms with Gasteiger partial charge in [-0.25, -0.2) is 0 Å². The van der Waals surface area contributed by atoms with E-state index < -0.39 is 0 Å². The Balaban J connectivity index is 2.91. The molecule has 0 spiro atoms. The van der Waals surface area contributed by atoms with Crippen LogP contribution >= 0.6 is 11.8 Å². The van der Waals surface area contributed by atoms with Gasteiger partial charge in [0.1, 0.15) is 0 Å². The third-order valence-corrected chi connectivity index (χ3v) is 3.42. The van der Waals surface area contributed by atoms with Crippen LogP contribution in [0.2, 0.25) is 0 Å². The van der Waals surface area contributed by atoms with Crippen LogP contribution in [-0.2, 0) is 0 Å². The standard InChI is InChI=1S/C13H22N2S/c1-13(2,3)16-12-7-5-4-6-10(12)11(15)8-9-14/h4-7,11H,8-9,14-15H2,1-3H3/t11-/m1/s1. The summed E-state index contributed by atoms with van der Waals surface area (Å²) in [6.45, 7) is 7.27. The maximum Gasteiger partial charge on any atom is 0.0318 e. The molecule has 0 unspecified atom stereocenters. The first kappa shape index (κ1) is 13.6. The first-order valence-electron chi connectivity index (χ1n) is 5.67. The van der Waals surface area contributed by atoms with Gasteiger partial charge in [0, 0.05) is 15.7 Å². The lowest BCUT2D eigenvalue weighted by Crippen LogP contribution is -2.17. The molecule has 90 valence electrons. The summed E-state index contributed by atoms with van der Waals surface area (Å²) in [4.78, 5) is 1.27. The minimum Gasteiger partial charge on any atom is -0.330 e. The molecule has 16 heavy (non-hydrogen) atoms. The molecule has 2 nitrogen and oxygen atoms in total. The lowest BCUT2D eigenvalue weighted by atomic mass is 10.1. The molecular weight excluding hydrogens is 216 g/mol. The second-order valence-corrected chi connectivity index (χ2v) is 6.80. The first-order chi connectivity index (χ1) is 7.44. The summed E-state index contributed by atoms with van der Waals surface area (Å²) < 4.78 is 0.207. The molecule has 1 rings (SSSR count). The van der Waals surface area contributed by atoms with E-state index in [0.29, 0.717) is 6.54 Å². The van der Waals surface area contributed by atoms with Gasteiger partial charge in [0.2, 0.25) is 0 Å². The van der Waals surface area contributed by atoms with Crippen molar-refractivity contribution in [3.05, 3.63) is 29.8 Å². The van der Waals surface area contributed by atoms with Gasteiger partial charge in [-0.15, -0.1) is 11.8 Å². The third kappa shape index (κ3) is 4.16. The summed E-state index contributed by atoms with van der Waals surface area (Å²) in [5, 5.41) is 0. The topological polar surface area (TPSA) is 52.0 Å². The second kappa shape index (κ2) is 5.71. The Morgan fingerprint density at radius 1 is 1.25 bits per heavy atom. The van der Waals surface area contributed by atoms with Crippen LogP contribution in [0.1, 0.15) is 38.8 Å². The smallest absolute Gasteiger partial charge is 0.0318 e. The van der Waals surface area contributed by atoms with Crippen LogP contribution < -0.4 is 11.5 Å². The summed E-state index contributed by atoms with van der Waals surface area (Å²) >= 11 is 1.86. The van der Waals surface area contributed by atoms with E-state index in [0.717, 1.165) is 6.42 Å². The van der Waals surface area contributed by atoms with Gasteiger partial charge in [-0.1, -0.05) is 39.0 Å². The van der Waals surface area contributed by atoms with Gasteiger partial charge in [0.15, 0.2) is 0 Å². The Morgan fingerprint density at radius 3 is 2.44 bits per heavy atom. The van der Waals surface area contributed by atoms with Crippen molar-refractivity contribution in [3.63, 3.8) is 0 Å². The van der Waals surface area contributed by atoms with Crippen LogP contribution in [0.25, 0.3) is 0 Å². The zero-order chi connectivity index (χ0) is 12.2. The molecule has 0 radical (unpaired) electrons. The van der Waals surface area contributed by atoms with E-state index in [-0.39, 0.29) is 10.8 Å². The van der Waals surface area contributed by atoms with E-state index in [2.05, 4.69) is 39.0 Å². The fraction of sp³-hybridized carbons (Fsp3) is 0.538. The maximum absolute atomic E-state index is 6.13. The predicted octanol–water partition coefficient (Wildman–Crippen LogP) is 2.93. The lowest BCUT2D eigenvalue weighted by molar-refractivity contribution is 0.650. The summed E-state index contributed by atoms with van der Waals surface area (Å²) in [6.07, 6.45) is 0.835. The molecule has 0 saturated carbocycles. The molecule has 0 aromatic heterocycles. The SMILES string of the molecule is CC(C)(C)Sc1ccccc1[C@H](N)CCN. The van der Waals surface area contributed by atoms with Crippen molar-refractivity contribution in [2.75, 3.05) is 6.54 Å². The Morgan fingerprint density at radius 2 is 1.88 bits per heavy atom. The average Bonchev–Trinajstić information content (AvgIpc) is 2.16. The van der Waals surface area contributed by atoms with Crippen LogP contribution in [0.3, 0.4) is 0 Å².